The number of carbonyl (C=O) groups excluding carboxylic acids is 3. The van der Waals surface area contributed by atoms with E-state index in [1.165, 1.54) is 30.6 Å². The Labute approximate surface area is 168 Å². The molecule has 2 aliphatic carbocycles. The van der Waals surface area contributed by atoms with Crippen LogP contribution in [0.4, 0.5) is 0 Å². The third-order valence-corrected chi connectivity index (χ3v) is 7.04. The number of benzene rings is 1. The number of hydrogen-bond donors (Lipinski definition) is 1. The van der Waals surface area contributed by atoms with Crippen LogP contribution in [0, 0.1) is 17.8 Å². The Morgan fingerprint density at radius 1 is 1.22 bits per heavy atom. The van der Waals surface area contributed by atoms with Crippen molar-refractivity contribution >= 4 is 33.7 Å². The zero-order valence-corrected chi connectivity index (χ0v) is 17.1. The molecular weight excluding hydrogens is 408 g/mol. The van der Waals surface area contributed by atoms with Crippen LogP contribution in [0.5, 0.6) is 0 Å². The molecule has 2 fully saturated rings. The highest BCUT2D eigenvalue weighted by atomic mass is 79.9. The molecule has 0 radical (unpaired) electrons. The molecule has 1 heterocycles. The lowest BCUT2D eigenvalue weighted by Gasteiger charge is -2.28. The first kappa shape index (κ1) is 18.7. The lowest BCUT2D eigenvalue weighted by molar-refractivity contribution is -0.122. The van der Waals surface area contributed by atoms with Crippen molar-refractivity contribution in [2.45, 2.75) is 51.5 Å². The van der Waals surface area contributed by atoms with Gasteiger partial charge < -0.3 is 5.32 Å². The molecule has 2 saturated carbocycles. The standard InChI is InChI=1S/C21H25BrN2O3/c1-12(17-10-13-4-5-14(17)9-13)23-19(25)3-2-8-24-20(26)16-7-6-15(22)11-18(16)21(24)27/h6-7,11-14,17H,2-5,8-10H2,1H3,(H,23,25). The first-order valence-electron chi connectivity index (χ1n) is 9.89. The highest BCUT2D eigenvalue weighted by molar-refractivity contribution is 9.10. The van der Waals surface area contributed by atoms with Gasteiger partial charge in [0.1, 0.15) is 0 Å². The van der Waals surface area contributed by atoms with Crippen LogP contribution in [-0.2, 0) is 4.79 Å². The average Bonchev–Trinajstić information content (AvgIpc) is 3.32. The number of hydrogen-bond acceptors (Lipinski definition) is 3. The number of nitrogens with zero attached hydrogens (tertiary/aromatic N) is 1. The summed E-state index contributed by atoms with van der Waals surface area (Å²) >= 11 is 3.33. The quantitative estimate of drug-likeness (QED) is 0.695. The second kappa shape index (κ2) is 7.38. The average molecular weight is 433 g/mol. The van der Waals surface area contributed by atoms with Gasteiger partial charge in [0.15, 0.2) is 0 Å². The van der Waals surface area contributed by atoms with Crippen molar-refractivity contribution < 1.29 is 14.4 Å². The summed E-state index contributed by atoms with van der Waals surface area (Å²) in [6.45, 7) is 2.39. The highest BCUT2D eigenvalue weighted by Crippen LogP contribution is 2.49. The van der Waals surface area contributed by atoms with E-state index < -0.39 is 0 Å². The van der Waals surface area contributed by atoms with Gasteiger partial charge in [0.05, 0.1) is 11.1 Å². The fourth-order valence-corrected chi connectivity index (χ4v) is 5.56. The van der Waals surface area contributed by atoms with Gasteiger partial charge in [-0.2, -0.15) is 0 Å². The van der Waals surface area contributed by atoms with Crippen molar-refractivity contribution in [2.24, 2.45) is 17.8 Å². The molecule has 2 bridgehead atoms. The first-order chi connectivity index (χ1) is 12.9. The normalized spacial score (nSPS) is 27.2. The number of amides is 3. The van der Waals surface area contributed by atoms with Crippen LogP contribution in [-0.4, -0.2) is 35.2 Å². The van der Waals surface area contributed by atoms with Gasteiger partial charge >= 0.3 is 0 Å². The lowest BCUT2D eigenvalue weighted by atomic mass is 9.84. The molecule has 3 amide bonds. The molecule has 1 aliphatic heterocycles. The van der Waals surface area contributed by atoms with Gasteiger partial charge in [-0.1, -0.05) is 22.4 Å². The second-order valence-electron chi connectivity index (χ2n) is 8.25. The molecular formula is C21H25BrN2O3. The fraction of sp³-hybridized carbons (Fsp3) is 0.571. The minimum absolute atomic E-state index is 0.0182. The maximum absolute atomic E-state index is 12.4. The van der Waals surface area contributed by atoms with E-state index in [0.717, 1.165) is 16.3 Å². The third-order valence-electron chi connectivity index (χ3n) is 6.54. The summed E-state index contributed by atoms with van der Waals surface area (Å²) in [4.78, 5) is 38.4. The van der Waals surface area contributed by atoms with E-state index in [2.05, 4.69) is 28.2 Å². The van der Waals surface area contributed by atoms with Crippen molar-refractivity contribution in [3.8, 4) is 0 Å². The molecule has 1 aromatic rings. The molecule has 0 aromatic heterocycles. The van der Waals surface area contributed by atoms with E-state index >= 15 is 0 Å². The molecule has 4 atom stereocenters. The van der Waals surface area contributed by atoms with E-state index in [4.69, 9.17) is 0 Å². The Balaban J connectivity index is 1.26. The maximum Gasteiger partial charge on any atom is 0.261 e. The molecule has 0 saturated heterocycles. The number of carbonyl (C=O) groups is 3. The predicted octanol–water partition coefficient (Wildman–Crippen LogP) is 3.77. The van der Waals surface area contributed by atoms with Gasteiger partial charge in [-0.15, -0.1) is 0 Å². The van der Waals surface area contributed by atoms with Crippen LogP contribution < -0.4 is 5.32 Å². The third kappa shape index (κ3) is 3.56. The van der Waals surface area contributed by atoms with Crippen molar-refractivity contribution in [2.75, 3.05) is 6.54 Å². The minimum atomic E-state index is -0.271. The molecule has 3 aliphatic rings. The molecule has 1 aromatic carbocycles. The maximum atomic E-state index is 12.4. The topological polar surface area (TPSA) is 66.5 Å². The van der Waals surface area contributed by atoms with Crippen LogP contribution in [0.3, 0.4) is 0 Å². The van der Waals surface area contributed by atoms with Gasteiger partial charge in [-0.3, -0.25) is 19.3 Å². The highest BCUT2D eigenvalue weighted by Gasteiger charge is 2.42. The molecule has 144 valence electrons. The molecule has 27 heavy (non-hydrogen) atoms. The van der Waals surface area contributed by atoms with Crippen molar-refractivity contribution in [3.63, 3.8) is 0 Å². The molecule has 1 N–H and O–H groups in total. The van der Waals surface area contributed by atoms with Crippen molar-refractivity contribution in [1.29, 1.82) is 0 Å². The van der Waals surface area contributed by atoms with Crippen LogP contribution in [0.25, 0.3) is 0 Å². The second-order valence-corrected chi connectivity index (χ2v) is 9.17. The summed E-state index contributed by atoms with van der Waals surface area (Å²) in [6, 6.07) is 5.32. The van der Waals surface area contributed by atoms with Gasteiger partial charge in [-0.25, -0.2) is 0 Å². The van der Waals surface area contributed by atoms with Crippen molar-refractivity contribution in [3.05, 3.63) is 33.8 Å². The van der Waals surface area contributed by atoms with Crippen LogP contribution in [0.15, 0.2) is 22.7 Å². The minimum Gasteiger partial charge on any atom is -0.353 e. The first-order valence-corrected chi connectivity index (χ1v) is 10.7. The van der Waals surface area contributed by atoms with Crippen LogP contribution >= 0.6 is 15.9 Å². The summed E-state index contributed by atoms with van der Waals surface area (Å²) in [7, 11) is 0. The Kier molecular flexibility index (Phi) is 5.10. The number of fused-ring (bicyclic) bond motifs is 3. The van der Waals surface area contributed by atoms with E-state index in [0.29, 0.717) is 29.9 Å². The number of rotatable bonds is 6. The number of imide groups is 1. The van der Waals surface area contributed by atoms with Gasteiger partial charge in [0, 0.05) is 23.5 Å². The van der Waals surface area contributed by atoms with Crippen LogP contribution in [0.1, 0.15) is 66.2 Å². The summed E-state index contributed by atoms with van der Waals surface area (Å²) in [5.74, 6) is 1.74. The van der Waals surface area contributed by atoms with E-state index in [1.54, 1.807) is 18.2 Å². The van der Waals surface area contributed by atoms with E-state index in [9.17, 15) is 14.4 Å². The largest absolute Gasteiger partial charge is 0.353 e. The summed E-state index contributed by atoms with van der Waals surface area (Å²) in [6.07, 6.45) is 6.08. The van der Waals surface area contributed by atoms with Crippen LogP contribution in [0.2, 0.25) is 0 Å². The summed E-state index contributed by atoms with van der Waals surface area (Å²) < 4.78 is 0.776. The molecule has 0 spiro atoms. The molecule has 4 rings (SSSR count). The number of nitrogens with one attached hydrogen (secondary N) is 1. The Hall–Kier alpha value is -1.69. The van der Waals surface area contributed by atoms with Gasteiger partial charge in [0.2, 0.25) is 5.91 Å². The molecule has 5 nitrogen and oxygen atoms in total. The Morgan fingerprint density at radius 2 is 2.00 bits per heavy atom. The van der Waals surface area contributed by atoms with Gasteiger partial charge in [-0.05, 0) is 68.6 Å². The Bertz CT molecular complexity index is 794. The van der Waals surface area contributed by atoms with Crippen molar-refractivity contribution in [1.82, 2.24) is 10.2 Å². The Morgan fingerprint density at radius 3 is 2.70 bits per heavy atom. The summed E-state index contributed by atoms with van der Waals surface area (Å²) in [5.41, 5.74) is 0.876. The predicted molar refractivity (Wildman–Crippen MR) is 105 cm³/mol. The van der Waals surface area contributed by atoms with Gasteiger partial charge in [0.25, 0.3) is 11.8 Å². The lowest BCUT2D eigenvalue weighted by Crippen LogP contribution is -2.40. The smallest absolute Gasteiger partial charge is 0.261 e. The van der Waals surface area contributed by atoms with E-state index in [-0.39, 0.29) is 30.3 Å². The monoisotopic (exact) mass is 432 g/mol. The molecule has 4 unspecified atom stereocenters. The number of halogens is 1. The zero-order chi connectivity index (χ0) is 19.1. The fourth-order valence-electron chi connectivity index (χ4n) is 5.20. The SMILES string of the molecule is CC(NC(=O)CCCN1C(=O)c2ccc(Br)cc2C1=O)C1CC2CCC1C2. The zero-order valence-electron chi connectivity index (χ0n) is 15.5. The summed E-state index contributed by atoms with van der Waals surface area (Å²) in [5, 5.41) is 3.15. The van der Waals surface area contributed by atoms with E-state index in [1.807, 2.05) is 0 Å². The molecule has 6 heteroatoms.